The lowest BCUT2D eigenvalue weighted by molar-refractivity contribution is -0.134. The highest BCUT2D eigenvalue weighted by molar-refractivity contribution is 7.46. The van der Waals surface area contributed by atoms with Crippen LogP contribution in [0.15, 0.2) is 48.7 Å². The van der Waals surface area contributed by atoms with Crippen molar-refractivity contribution in [2.24, 2.45) is 5.41 Å². The number of hydrogen-bond donors (Lipinski definition) is 3. The molecule has 0 spiro atoms. The molecule has 1 aromatic heterocycles. The van der Waals surface area contributed by atoms with Crippen LogP contribution in [0, 0.1) is 17.0 Å². The fourth-order valence-electron chi connectivity index (χ4n) is 3.90. The number of aromatic nitrogens is 1. The summed E-state index contributed by atoms with van der Waals surface area (Å²) in [6, 6.07) is 9.17. The Kier molecular flexibility index (Phi) is 13.6. The van der Waals surface area contributed by atoms with E-state index in [0.29, 0.717) is 16.3 Å². The van der Waals surface area contributed by atoms with Crippen molar-refractivity contribution in [1.82, 2.24) is 9.88 Å². The maximum Gasteiger partial charge on any atom is 0.469 e. The second kappa shape index (κ2) is 16.2. The number of halogens is 3. The molecule has 3 aromatic rings. The Morgan fingerprint density at radius 3 is 2.55 bits per heavy atom. The zero-order valence-corrected chi connectivity index (χ0v) is 25.4. The molecule has 0 saturated heterocycles. The predicted molar refractivity (Wildman–Crippen MR) is 162 cm³/mol. The summed E-state index contributed by atoms with van der Waals surface area (Å²) in [4.78, 5) is 49.0. The van der Waals surface area contributed by atoms with Crippen LogP contribution in [0.2, 0.25) is 5.02 Å². The van der Waals surface area contributed by atoms with E-state index in [0.717, 1.165) is 0 Å². The molecule has 3 N–H and O–H groups in total. The van der Waals surface area contributed by atoms with Gasteiger partial charge < -0.3 is 24.2 Å². The number of amides is 2. The van der Waals surface area contributed by atoms with E-state index < -0.39 is 37.0 Å². The molecule has 0 unspecified atom stereocenters. The topological polar surface area (TPSA) is 148 Å². The number of nitrogens with one attached hydrogen (secondary N) is 1. The molecular formula is C29H37ClF2N3O8P. The number of carbonyl (C=O) groups is 2. The molecule has 0 aliphatic carbocycles. The molecule has 242 valence electrons. The molecule has 1 heterocycles. The largest absolute Gasteiger partial charge is 0.469 e. The van der Waals surface area contributed by atoms with Gasteiger partial charge in [0.2, 0.25) is 5.91 Å². The Labute approximate surface area is 259 Å². The van der Waals surface area contributed by atoms with Crippen LogP contribution < -0.4 is 5.32 Å². The molecule has 3 rings (SSSR count). The highest BCUT2D eigenvalue weighted by atomic mass is 35.5. The zero-order chi connectivity index (χ0) is 31.8. The fourth-order valence-corrected chi connectivity index (χ4v) is 4.64. The van der Waals surface area contributed by atoms with Crippen molar-refractivity contribution in [3.05, 3.63) is 70.9 Å². The molecule has 44 heavy (non-hydrogen) atoms. The van der Waals surface area contributed by atoms with Gasteiger partial charge in [-0.25, -0.2) is 23.1 Å². The van der Waals surface area contributed by atoms with Gasteiger partial charge in [0.25, 0.3) is 0 Å². The third-order valence-corrected chi connectivity index (χ3v) is 7.22. The van der Waals surface area contributed by atoms with Gasteiger partial charge in [-0.2, -0.15) is 0 Å². The average Bonchev–Trinajstić information content (AvgIpc) is 2.93. The van der Waals surface area contributed by atoms with Gasteiger partial charge in [-0.3, -0.25) is 14.6 Å². The van der Waals surface area contributed by atoms with E-state index in [1.54, 1.807) is 26.0 Å². The van der Waals surface area contributed by atoms with Gasteiger partial charge in [0, 0.05) is 30.5 Å². The van der Waals surface area contributed by atoms with Crippen molar-refractivity contribution in [2.45, 2.75) is 40.2 Å². The van der Waals surface area contributed by atoms with Crippen LogP contribution in [0.5, 0.6) is 0 Å². The first-order valence-corrected chi connectivity index (χ1v) is 15.0. The van der Waals surface area contributed by atoms with Gasteiger partial charge in [-0.05, 0) is 47.7 Å². The van der Waals surface area contributed by atoms with Crippen molar-refractivity contribution in [3.63, 3.8) is 0 Å². The van der Waals surface area contributed by atoms with Gasteiger partial charge in [-0.15, -0.1) is 0 Å². The summed E-state index contributed by atoms with van der Waals surface area (Å²) < 4.78 is 54.1. The first-order valence-electron chi connectivity index (χ1n) is 13.1. The van der Waals surface area contributed by atoms with Crippen molar-refractivity contribution in [3.8, 4) is 0 Å². The lowest BCUT2D eigenvalue weighted by Crippen LogP contribution is -2.44. The second-order valence-electron chi connectivity index (χ2n) is 10.6. The molecule has 0 fully saturated rings. The van der Waals surface area contributed by atoms with Crippen molar-refractivity contribution < 1.29 is 46.7 Å². The maximum atomic E-state index is 13.8. The monoisotopic (exact) mass is 659 g/mol. The fraction of sp³-hybridized carbons (Fsp3) is 0.414. The Hall–Kier alpha value is -3.19. The number of benzene rings is 2. The summed E-state index contributed by atoms with van der Waals surface area (Å²) in [6.07, 6.45) is 0.726. The Balaban J connectivity index is 0.00000675. The van der Waals surface area contributed by atoms with Gasteiger partial charge in [0.05, 0.1) is 30.9 Å². The summed E-state index contributed by atoms with van der Waals surface area (Å²) in [5.41, 5.74) is -0.344. The third-order valence-electron chi connectivity index (χ3n) is 6.33. The minimum atomic E-state index is -4.68. The predicted octanol–water partition coefficient (Wildman–Crippen LogP) is 5.96. The number of rotatable bonds is 14. The number of anilines is 1. The first-order chi connectivity index (χ1) is 20.1. The van der Waals surface area contributed by atoms with Crippen LogP contribution in [-0.2, 0) is 29.8 Å². The molecule has 0 bridgehead atoms. The van der Waals surface area contributed by atoms with E-state index in [9.17, 15) is 22.9 Å². The SMILES string of the molecule is C.CN(C(=O)CCc1cccc(F)c1Cl)[C@@H](COCC(C)(C)COP(=O)(O)O)COC(=O)Nc1cc2cc(F)ccc2cn1. The molecule has 0 aliphatic heterocycles. The third kappa shape index (κ3) is 11.7. The van der Waals surface area contributed by atoms with Gasteiger partial charge in [0.1, 0.15) is 24.1 Å². The Morgan fingerprint density at radius 2 is 1.84 bits per heavy atom. The quantitative estimate of drug-likeness (QED) is 0.178. The smallest absolute Gasteiger partial charge is 0.447 e. The second-order valence-corrected chi connectivity index (χ2v) is 12.2. The van der Waals surface area contributed by atoms with Crippen LogP contribution in [0.3, 0.4) is 0 Å². The Bertz CT molecular complexity index is 1490. The van der Waals surface area contributed by atoms with Crippen LogP contribution in [0.25, 0.3) is 10.8 Å². The maximum absolute atomic E-state index is 13.8. The van der Waals surface area contributed by atoms with E-state index in [-0.39, 0.29) is 63.4 Å². The number of carbonyl (C=O) groups excluding carboxylic acids is 2. The molecule has 1 atom stereocenters. The minimum Gasteiger partial charge on any atom is -0.447 e. The van der Waals surface area contributed by atoms with Crippen LogP contribution in [-0.4, -0.2) is 71.2 Å². The molecule has 0 aliphatic rings. The number of hydrogen-bond acceptors (Lipinski definition) is 7. The molecule has 0 radical (unpaired) electrons. The van der Waals surface area contributed by atoms with E-state index in [2.05, 4.69) is 14.8 Å². The average molecular weight is 660 g/mol. The molecule has 2 amide bonds. The van der Waals surface area contributed by atoms with Crippen molar-refractivity contribution in [1.29, 1.82) is 0 Å². The molecular weight excluding hydrogens is 623 g/mol. The molecule has 0 saturated carbocycles. The highest BCUT2D eigenvalue weighted by Crippen LogP contribution is 2.38. The Morgan fingerprint density at radius 1 is 1.11 bits per heavy atom. The number of ether oxygens (including phenoxy) is 2. The molecule has 15 heteroatoms. The standard InChI is InChI=1S/C28H33ClF2N3O8P.CH4/c1-28(2,17-42-43(37,38)39)16-40-14-22(34(3)25(35)10-8-18-5-4-6-23(31)26(18)29)15-41-27(36)33-24-12-20-11-21(30)9-7-19(20)13-32-24;/h4-7,9,11-13,22H,8,10,14-17H2,1-3H3,(H,32,33,36)(H2,37,38,39);1H4/t22-;/m0./s1. The number of fused-ring (bicyclic) bond motifs is 1. The van der Waals surface area contributed by atoms with Gasteiger partial charge in [-0.1, -0.05) is 45.0 Å². The number of aryl methyl sites for hydroxylation is 1. The molecule has 11 nitrogen and oxygen atoms in total. The summed E-state index contributed by atoms with van der Waals surface area (Å²) in [7, 11) is -3.19. The van der Waals surface area contributed by atoms with E-state index >= 15 is 0 Å². The number of pyridine rings is 1. The number of phosphoric ester groups is 1. The normalized spacial score (nSPS) is 12.4. The summed E-state index contributed by atoms with van der Waals surface area (Å²) in [6.45, 7) is 2.63. The lowest BCUT2D eigenvalue weighted by Gasteiger charge is -2.30. The van der Waals surface area contributed by atoms with Crippen LogP contribution in [0.4, 0.5) is 19.4 Å². The van der Waals surface area contributed by atoms with E-state index in [1.165, 1.54) is 48.5 Å². The number of likely N-dealkylation sites (N-methyl/N-ethyl adjacent to an activating group) is 1. The first kappa shape index (κ1) is 37.0. The highest BCUT2D eigenvalue weighted by Gasteiger charge is 2.27. The number of nitrogens with zero attached hydrogens (tertiary/aromatic N) is 2. The summed E-state index contributed by atoms with van der Waals surface area (Å²) in [5.74, 6) is -1.28. The molecule has 2 aromatic carbocycles. The van der Waals surface area contributed by atoms with Gasteiger partial charge >= 0.3 is 13.9 Å². The van der Waals surface area contributed by atoms with E-state index in [4.69, 9.17) is 30.9 Å². The summed E-state index contributed by atoms with van der Waals surface area (Å²) in [5, 5.41) is 3.59. The van der Waals surface area contributed by atoms with E-state index in [1.807, 2.05) is 0 Å². The minimum absolute atomic E-state index is 0. The van der Waals surface area contributed by atoms with Crippen LogP contribution in [0.1, 0.15) is 33.3 Å². The number of phosphoric acid groups is 1. The van der Waals surface area contributed by atoms with Crippen molar-refractivity contribution in [2.75, 3.05) is 38.8 Å². The van der Waals surface area contributed by atoms with Gasteiger partial charge in [0.15, 0.2) is 0 Å². The lowest BCUT2D eigenvalue weighted by atomic mass is 9.96. The van der Waals surface area contributed by atoms with Crippen molar-refractivity contribution >= 4 is 48.0 Å². The van der Waals surface area contributed by atoms with Crippen LogP contribution >= 0.6 is 19.4 Å². The summed E-state index contributed by atoms with van der Waals surface area (Å²) >= 11 is 6.01. The zero-order valence-electron chi connectivity index (χ0n) is 23.8.